The van der Waals surface area contributed by atoms with Gasteiger partial charge in [-0.3, -0.25) is 9.25 Å². The number of halogens is 1. The van der Waals surface area contributed by atoms with Crippen molar-refractivity contribution >= 4 is 18.4 Å². The van der Waals surface area contributed by atoms with Crippen molar-refractivity contribution in [3.8, 4) is 23.0 Å². The molecule has 4 rings (SSSR count). The standard InChI is InChI=1S/C19H21N5O3.ClH/c1-26-17-5-4-13(19(25)27-2)10-16(17)23-9-7-21-18(23)15-11-14-12-20-6-3-8-24(14)22-15;/h4-5,7,9-11,20H,3,6,8,12H2,1-2H3;1H. The largest absolute Gasteiger partial charge is 0.495 e. The number of methoxy groups -OCH3 is 2. The highest BCUT2D eigenvalue weighted by Crippen LogP contribution is 2.29. The van der Waals surface area contributed by atoms with Crippen molar-refractivity contribution in [3.05, 3.63) is 47.9 Å². The van der Waals surface area contributed by atoms with Crippen LogP contribution in [0.3, 0.4) is 0 Å². The van der Waals surface area contributed by atoms with E-state index in [9.17, 15) is 4.79 Å². The number of esters is 1. The topological polar surface area (TPSA) is 83.2 Å². The average molecular weight is 404 g/mol. The highest BCUT2D eigenvalue weighted by molar-refractivity contribution is 5.90. The quantitative estimate of drug-likeness (QED) is 0.674. The molecule has 9 heteroatoms. The summed E-state index contributed by atoms with van der Waals surface area (Å²) in [6.07, 6.45) is 4.58. The van der Waals surface area contributed by atoms with Crippen LogP contribution in [0.15, 0.2) is 36.7 Å². The maximum absolute atomic E-state index is 11.9. The van der Waals surface area contributed by atoms with Gasteiger partial charge in [0.25, 0.3) is 0 Å². The minimum absolute atomic E-state index is 0. The number of ether oxygens (including phenoxy) is 2. The second-order valence-electron chi connectivity index (χ2n) is 6.27. The van der Waals surface area contributed by atoms with Crippen LogP contribution in [0.2, 0.25) is 0 Å². The van der Waals surface area contributed by atoms with Crippen LogP contribution in [0.4, 0.5) is 0 Å². The number of carbonyl (C=O) groups excluding carboxylic acids is 1. The molecule has 0 fully saturated rings. The Morgan fingerprint density at radius 2 is 2.11 bits per heavy atom. The van der Waals surface area contributed by atoms with Crippen molar-refractivity contribution in [3.63, 3.8) is 0 Å². The van der Waals surface area contributed by atoms with E-state index in [1.165, 1.54) is 7.11 Å². The number of benzene rings is 1. The zero-order valence-electron chi connectivity index (χ0n) is 15.7. The summed E-state index contributed by atoms with van der Waals surface area (Å²) in [6.45, 7) is 2.66. The van der Waals surface area contributed by atoms with Gasteiger partial charge >= 0.3 is 5.97 Å². The van der Waals surface area contributed by atoms with Gasteiger partial charge < -0.3 is 14.8 Å². The zero-order chi connectivity index (χ0) is 18.8. The third-order valence-electron chi connectivity index (χ3n) is 4.62. The lowest BCUT2D eigenvalue weighted by Gasteiger charge is -2.13. The van der Waals surface area contributed by atoms with E-state index in [0.29, 0.717) is 22.8 Å². The summed E-state index contributed by atoms with van der Waals surface area (Å²) in [5, 5.41) is 8.12. The van der Waals surface area contributed by atoms with E-state index >= 15 is 0 Å². The Morgan fingerprint density at radius 1 is 1.25 bits per heavy atom. The fourth-order valence-electron chi connectivity index (χ4n) is 3.28. The lowest BCUT2D eigenvalue weighted by Crippen LogP contribution is -2.11. The fourth-order valence-corrected chi connectivity index (χ4v) is 3.28. The molecule has 0 amide bonds. The third-order valence-corrected chi connectivity index (χ3v) is 4.62. The van der Waals surface area contributed by atoms with Gasteiger partial charge in [-0.1, -0.05) is 0 Å². The number of nitrogens with one attached hydrogen (secondary N) is 1. The first-order chi connectivity index (χ1) is 13.2. The van der Waals surface area contributed by atoms with Gasteiger partial charge in [0.15, 0.2) is 5.82 Å². The SMILES string of the molecule is COC(=O)c1ccc(OC)c(-n2ccnc2-c2cc3n(n2)CCCNC3)c1.Cl. The van der Waals surface area contributed by atoms with Gasteiger partial charge in [-0.05, 0) is 37.2 Å². The molecule has 0 spiro atoms. The minimum atomic E-state index is -0.402. The van der Waals surface area contributed by atoms with Crippen LogP contribution in [0, 0.1) is 0 Å². The fraction of sp³-hybridized carbons (Fsp3) is 0.316. The molecule has 1 N–H and O–H groups in total. The highest BCUT2D eigenvalue weighted by atomic mass is 35.5. The predicted octanol–water partition coefficient (Wildman–Crippen LogP) is 2.45. The normalized spacial score (nSPS) is 13.2. The van der Waals surface area contributed by atoms with Crippen molar-refractivity contribution < 1.29 is 14.3 Å². The molecule has 0 bridgehead atoms. The molecule has 3 heterocycles. The van der Waals surface area contributed by atoms with Crippen molar-refractivity contribution in [1.82, 2.24) is 24.6 Å². The lowest BCUT2D eigenvalue weighted by atomic mass is 10.1. The van der Waals surface area contributed by atoms with Crippen LogP contribution < -0.4 is 10.1 Å². The van der Waals surface area contributed by atoms with E-state index in [0.717, 1.165) is 37.4 Å². The van der Waals surface area contributed by atoms with E-state index in [4.69, 9.17) is 14.6 Å². The first-order valence-corrected chi connectivity index (χ1v) is 8.79. The molecule has 0 unspecified atom stereocenters. The maximum Gasteiger partial charge on any atom is 0.337 e. The second-order valence-corrected chi connectivity index (χ2v) is 6.27. The van der Waals surface area contributed by atoms with Crippen LogP contribution >= 0.6 is 12.4 Å². The summed E-state index contributed by atoms with van der Waals surface area (Å²) in [5.74, 6) is 0.917. The summed E-state index contributed by atoms with van der Waals surface area (Å²) in [6, 6.07) is 7.21. The zero-order valence-corrected chi connectivity index (χ0v) is 16.5. The van der Waals surface area contributed by atoms with E-state index in [1.54, 1.807) is 31.5 Å². The number of aromatic nitrogens is 4. The van der Waals surface area contributed by atoms with Crippen LogP contribution in [-0.2, 0) is 17.8 Å². The van der Waals surface area contributed by atoms with E-state index in [2.05, 4.69) is 10.3 Å². The van der Waals surface area contributed by atoms with Crippen LogP contribution in [0.5, 0.6) is 5.75 Å². The Kier molecular flexibility index (Phi) is 6.01. The molecule has 2 aromatic heterocycles. The van der Waals surface area contributed by atoms with Gasteiger partial charge in [0.05, 0.1) is 31.2 Å². The Labute approximate surface area is 168 Å². The molecule has 1 aliphatic heterocycles. The number of aryl methyl sites for hydroxylation is 1. The van der Waals surface area contributed by atoms with Gasteiger partial charge in [-0.2, -0.15) is 5.10 Å². The number of hydrogen-bond donors (Lipinski definition) is 1. The first-order valence-electron chi connectivity index (χ1n) is 8.79. The molecule has 1 aliphatic rings. The van der Waals surface area contributed by atoms with Gasteiger partial charge in [-0.25, -0.2) is 9.78 Å². The molecule has 0 saturated heterocycles. The molecule has 0 aliphatic carbocycles. The van der Waals surface area contributed by atoms with Crippen LogP contribution in [-0.4, -0.2) is 46.1 Å². The van der Waals surface area contributed by atoms with Crippen LogP contribution in [0.1, 0.15) is 22.5 Å². The molecule has 1 aromatic carbocycles. The third kappa shape index (κ3) is 3.61. The first kappa shape index (κ1) is 19.9. The smallest absolute Gasteiger partial charge is 0.337 e. The van der Waals surface area contributed by atoms with E-state index in [-0.39, 0.29) is 12.4 Å². The Balaban J connectivity index is 0.00000225. The molecular weight excluding hydrogens is 382 g/mol. The average Bonchev–Trinajstić information content (AvgIpc) is 3.28. The Bertz CT molecular complexity index is 958. The number of hydrogen-bond acceptors (Lipinski definition) is 6. The molecule has 0 saturated carbocycles. The van der Waals surface area contributed by atoms with Crippen molar-refractivity contribution in [2.45, 2.75) is 19.5 Å². The Hall–Kier alpha value is -2.84. The predicted molar refractivity (Wildman–Crippen MR) is 106 cm³/mol. The molecule has 148 valence electrons. The summed E-state index contributed by atoms with van der Waals surface area (Å²) < 4.78 is 14.2. The number of rotatable bonds is 4. The van der Waals surface area contributed by atoms with Gasteiger partial charge in [0, 0.05) is 25.5 Å². The molecule has 8 nitrogen and oxygen atoms in total. The molecule has 3 aromatic rings. The Morgan fingerprint density at radius 3 is 2.89 bits per heavy atom. The number of nitrogens with zero attached hydrogens (tertiary/aromatic N) is 4. The number of imidazole rings is 1. The van der Waals surface area contributed by atoms with Gasteiger partial charge in [0.2, 0.25) is 0 Å². The lowest BCUT2D eigenvalue weighted by molar-refractivity contribution is 0.0600. The van der Waals surface area contributed by atoms with Crippen molar-refractivity contribution in [2.75, 3.05) is 20.8 Å². The monoisotopic (exact) mass is 403 g/mol. The van der Waals surface area contributed by atoms with E-state index in [1.807, 2.05) is 21.5 Å². The molecule has 28 heavy (non-hydrogen) atoms. The second kappa shape index (κ2) is 8.45. The summed E-state index contributed by atoms with van der Waals surface area (Å²) in [4.78, 5) is 16.4. The molecule has 0 atom stereocenters. The van der Waals surface area contributed by atoms with Crippen LogP contribution in [0.25, 0.3) is 17.2 Å². The number of fused-ring (bicyclic) bond motifs is 1. The van der Waals surface area contributed by atoms with Gasteiger partial charge in [-0.15, -0.1) is 12.4 Å². The van der Waals surface area contributed by atoms with Crippen molar-refractivity contribution in [2.24, 2.45) is 0 Å². The summed E-state index contributed by atoms with van der Waals surface area (Å²) in [7, 11) is 2.96. The van der Waals surface area contributed by atoms with E-state index < -0.39 is 5.97 Å². The summed E-state index contributed by atoms with van der Waals surface area (Å²) in [5.41, 5.74) is 3.06. The molecular formula is C19H22ClN5O3. The number of carbonyl (C=O) groups is 1. The summed E-state index contributed by atoms with van der Waals surface area (Å²) >= 11 is 0. The van der Waals surface area contributed by atoms with Gasteiger partial charge in [0.1, 0.15) is 11.4 Å². The molecule has 0 radical (unpaired) electrons. The highest BCUT2D eigenvalue weighted by Gasteiger charge is 2.19. The minimum Gasteiger partial charge on any atom is -0.495 e. The maximum atomic E-state index is 11.9. The van der Waals surface area contributed by atoms with Crippen molar-refractivity contribution in [1.29, 1.82) is 0 Å².